The molecule has 0 N–H and O–H groups in total. The molecule has 1 atom stereocenters. The number of benzene rings is 3. The van der Waals surface area contributed by atoms with Crippen LogP contribution in [0.2, 0.25) is 0 Å². The Morgan fingerprint density at radius 1 is 0.879 bits per heavy atom. The number of methoxy groups -OCH3 is 1. The minimum Gasteiger partial charge on any atom is -0.482 e. The van der Waals surface area contributed by atoms with Crippen molar-refractivity contribution in [3.8, 4) is 5.75 Å². The molecule has 0 radical (unpaired) electrons. The number of amides is 1. The van der Waals surface area contributed by atoms with Crippen LogP contribution in [-0.4, -0.2) is 30.5 Å². The van der Waals surface area contributed by atoms with Crippen molar-refractivity contribution in [2.45, 2.75) is 38.3 Å². The van der Waals surface area contributed by atoms with E-state index < -0.39 is 5.97 Å². The number of fused-ring (bicyclic) bond motifs is 1. The van der Waals surface area contributed by atoms with Gasteiger partial charge >= 0.3 is 5.97 Å². The first kappa shape index (κ1) is 22.6. The van der Waals surface area contributed by atoms with Crippen LogP contribution in [0.5, 0.6) is 5.75 Å². The highest BCUT2D eigenvalue weighted by atomic mass is 16.6. The van der Waals surface area contributed by atoms with E-state index in [0.717, 1.165) is 41.5 Å². The van der Waals surface area contributed by atoms with Crippen molar-refractivity contribution in [3.05, 3.63) is 101 Å². The Morgan fingerprint density at radius 2 is 1.52 bits per heavy atom. The van der Waals surface area contributed by atoms with E-state index in [1.54, 1.807) is 0 Å². The maximum absolute atomic E-state index is 13.9. The Hall–Kier alpha value is -3.60. The van der Waals surface area contributed by atoms with E-state index in [1.165, 1.54) is 7.11 Å². The summed E-state index contributed by atoms with van der Waals surface area (Å²) in [6, 6.07) is 26.0. The molecule has 1 amide bonds. The van der Waals surface area contributed by atoms with E-state index in [0.29, 0.717) is 18.8 Å². The monoisotopic (exact) mass is 443 g/mol. The smallest absolute Gasteiger partial charge is 0.343 e. The third-order valence-electron chi connectivity index (χ3n) is 6.08. The number of hydrogen-bond donors (Lipinski definition) is 0. The number of esters is 1. The molecular weight excluding hydrogens is 414 g/mol. The zero-order valence-corrected chi connectivity index (χ0v) is 18.9. The third kappa shape index (κ3) is 5.61. The SMILES string of the molecule is COC(=O)COc1cccc2c1CCCC2C(=O)N(Cc1ccccc1)Cc1ccccc1. The van der Waals surface area contributed by atoms with Crippen LogP contribution in [0.3, 0.4) is 0 Å². The molecule has 5 heteroatoms. The zero-order valence-electron chi connectivity index (χ0n) is 18.9. The largest absolute Gasteiger partial charge is 0.482 e. The Bertz CT molecular complexity index is 1040. The Kier molecular flexibility index (Phi) is 7.40. The molecule has 33 heavy (non-hydrogen) atoms. The number of rotatable bonds is 8. The average molecular weight is 444 g/mol. The molecule has 3 aromatic carbocycles. The Morgan fingerprint density at radius 3 is 2.12 bits per heavy atom. The molecule has 1 aliphatic carbocycles. The number of ether oxygens (including phenoxy) is 2. The summed E-state index contributed by atoms with van der Waals surface area (Å²) in [7, 11) is 1.34. The lowest BCUT2D eigenvalue weighted by atomic mass is 9.81. The van der Waals surface area contributed by atoms with E-state index >= 15 is 0 Å². The summed E-state index contributed by atoms with van der Waals surface area (Å²) in [4.78, 5) is 27.4. The standard InChI is InChI=1S/C28H29NO4/c1-32-27(30)20-33-26-17-9-14-23-24(26)15-8-16-25(23)28(31)29(18-21-10-4-2-5-11-21)19-22-12-6-3-7-13-22/h2-7,9-14,17,25H,8,15-16,18-20H2,1H3. The second-order valence-corrected chi connectivity index (χ2v) is 8.30. The second kappa shape index (κ2) is 10.8. The van der Waals surface area contributed by atoms with Crippen molar-refractivity contribution in [1.29, 1.82) is 0 Å². The molecule has 0 aromatic heterocycles. The maximum Gasteiger partial charge on any atom is 0.343 e. The van der Waals surface area contributed by atoms with Crippen LogP contribution in [0.15, 0.2) is 78.9 Å². The van der Waals surface area contributed by atoms with E-state index in [4.69, 9.17) is 9.47 Å². The van der Waals surface area contributed by atoms with Gasteiger partial charge in [-0.1, -0.05) is 72.8 Å². The number of hydrogen-bond acceptors (Lipinski definition) is 4. The summed E-state index contributed by atoms with van der Waals surface area (Å²) in [5, 5.41) is 0. The van der Waals surface area contributed by atoms with Gasteiger partial charge in [0.15, 0.2) is 6.61 Å². The van der Waals surface area contributed by atoms with Crippen molar-refractivity contribution >= 4 is 11.9 Å². The van der Waals surface area contributed by atoms with Gasteiger partial charge in [0.25, 0.3) is 0 Å². The molecular formula is C28H29NO4. The number of nitrogens with zero attached hydrogens (tertiary/aromatic N) is 1. The van der Waals surface area contributed by atoms with Gasteiger partial charge in [0.1, 0.15) is 5.75 Å². The van der Waals surface area contributed by atoms with Gasteiger partial charge < -0.3 is 14.4 Å². The lowest BCUT2D eigenvalue weighted by Gasteiger charge is -2.32. The first-order valence-corrected chi connectivity index (χ1v) is 11.3. The molecule has 0 saturated heterocycles. The molecule has 1 unspecified atom stereocenters. The Labute approximate surface area is 194 Å². The van der Waals surface area contributed by atoms with Gasteiger partial charge in [-0.05, 0) is 47.6 Å². The molecule has 5 nitrogen and oxygen atoms in total. The topological polar surface area (TPSA) is 55.8 Å². The van der Waals surface area contributed by atoms with Gasteiger partial charge in [-0.3, -0.25) is 4.79 Å². The summed E-state index contributed by atoms with van der Waals surface area (Å²) in [5.41, 5.74) is 4.23. The van der Waals surface area contributed by atoms with Crippen molar-refractivity contribution in [1.82, 2.24) is 4.90 Å². The molecule has 0 aliphatic heterocycles. The lowest BCUT2D eigenvalue weighted by molar-refractivity contribution is -0.143. The quantitative estimate of drug-likeness (QED) is 0.465. The van der Waals surface area contributed by atoms with Crippen molar-refractivity contribution in [2.24, 2.45) is 0 Å². The van der Waals surface area contributed by atoms with E-state index in [1.807, 2.05) is 59.5 Å². The summed E-state index contributed by atoms with van der Waals surface area (Å²) in [5.74, 6) is 0.123. The molecule has 0 heterocycles. The van der Waals surface area contributed by atoms with Gasteiger partial charge in [0.05, 0.1) is 13.0 Å². The summed E-state index contributed by atoms with van der Waals surface area (Å²) >= 11 is 0. The molecule has 0 fully saturated rings. The van der Waals surface area contributed by atoms with Gasteiger partial charge in [-0.25, -0.2) is 4.79 Å². The van der Waals surface area contributed by atoms with Gasteiger partial charge in [-0.15, -0.1) is 0 Å². The van der Waals surface area contributed by atoms with Crippen molar-refractivity contribution in [2.75, 3.05) is 13.7 Å². The molecule has 3 aromatic rings. The molecule has 0 saturated carbocycles. The fraction of sp³-hybridized carbons (Fsp3) is 0.286. The number of carbonyl (C=O) groups is 2. The van der Waals surface area contributed by atoms with Crippen LogP contribution in [0.1, 0.15) is 41.0 Å². The molecule has 170 valence electrons. The van der Waals surface area contributed by atoms with Crippen molar-refractivity contribution < 1.29 is 19.1 Å². The normalized spacial score (nSPS) is 14.8. The summed E-state index contributed by atoms with van der Waals surface area (Å²) in [6.45, 7) is 0.970. The highest BCUT2D eigenvalue weighted by Crippen LogP contribution is 2.38. The van der Waals surface area contributed by atoms with E-state index in [2.05, 4.69) is 24.3 Å². The van der Waals surface area contributed by atoms with E-state index in [-0.39, 0.29) is 18.4 Å². The van der Waals surface area contributed by atoms with Crippen LogP contribution >= 0.6 is 0 Å². The molecule has 1 aliphatic rings. The zero-order chi connectivity index (χ0) is 23.0. The minimum absolute atomic E-state index is 0.119. The maximum atomic E-state index is 13.9. The van der Waals surface area contributed by atoms with Crippen LogP contribution in [0.25, 0.3) is 0 Å². The van der Waals surface area contributed by atoms with Crippen molar-refractivity contribution in [3.63, 3.8) is 0 Å². The predicted octanol–water partition coefficient (Wildman–Crippen LogP) is 4.89. The van der Waals surface area contributed by atoms with Crippen LogP contribution in [0.4, 0.5) is 0 Å². The van der Waals surface area contributed by atoms with Crippen LogP contribution in [0, 0.1) is 0 Å². The fourth-order valence-electron chi connectivity index (χ4n) is 4.44. The molecule has 0 bridgehead atoms. The lowest BCUT2D eigenvalue weighted by Crippen LogP contribution is -2.35. The fourth-order valence-corrected chi connectivity index (χ4v) is 4.44. The third-order valence-corrected chi connectivity index (χ3v) is 6.08. The van der Waals surface area contributed by atoms with Gasteiger partial charge in [0.2, 0.25) is 5.91 Å². The summed E-state index contributed by atoms with van der Waals surface area (Å²) in [6.07, 6.45) is 2.52. The highest BCUT2D eigenvalue weighted by Gasteiger charge is 2.31. The Balaban J connectivity index is 1.61. The van der Waals surface area contributed by atoms with Gasteiger partial charge in [0, 0.05) is 13.1 Å². The summed E-state index contributed by atoms with van der Waals surface area (Å²) < 4.78 is 10.4. The first-order chi connectivity index (χ1) is 16.2. The highest BCUT2D eigenvalue weighted by molar-refractivity contribution is 5.85. The minimum atomic E-state index is -0.423. The van der Waals surface area contributed by atoms with E-state index in [9.17, 15) is 9.59 Å². The molecule has 0 spiro atoms. The van der Waals surface area contributed by atoms with Crippen LogP contribution in [-0.2, 0) is 33.8 Å². The second-order valence-electron chi connectivity index (χ2n) is 8.30. The first-order valence-electron chi connectivity index (χ1n) is 11.3. The average Bonchev–Trinajstić information content (AvgIpc) is 2.87. The van der Waals surface area contributed by atoms with Crippen LogP contribution < -0.4 is 4.74 Å². The predicted molar refractivity (Wildman–Crippen MR) is 127 cm³/mol. The molecule has 4 rings (SSSR count). The number of carbonyl (C=O) groups excluding carboxylic acids is 2. The van der Waals surface area contributed by atoms with Gasteiger partial charge in [-0.2, -0.15) is 0 Å².